The third-order valence-electron chi connectivity index (χ3n) is 3.40. The molecule has 0 spiro atoms. The molecule has 0 aliphatic carbocycles. The van der Waals surface area contributed by atoms with E-state index in [2.05, 4.69) is 28.4 Å². The molecule has 1 aliphatic rings. The summed E-state index contributed by atoms with van der Waals surface area (Å²) in [5.41, 5.74) is 1.76. The third-order valence-corrected chi connectivity index (χ3v) is 3.40. The van der Waals surface area contributed by atoms with Crippen molar-refractivity contribution >= 4 is 0 Å². The third kappa shape index (κ3) is 2.62. The van der Waals surface area contributed by atoms with E-state index in [0.717, 1.165) is 13.1 Å². The molecular formula is C12H22N4. The van der Waals surface area contributed by atoms with Crippen molar-refractivity contribution in [2.75, 3.05) is 26.7 Å². The molecule has 2 rings (SSSR count). The smallest absolute Gasteiger partial charge is 0.0534 e. The van der Waals surface area contributed by atoms with Gasteiger partial charge in [-0.15, -0.1) is 0 Å². The van der Waals surface area contributed by atoms with Crippen molar-refractivity contribution in [1.29, 1.82) is 0 Å². The highest BCUT2D eigenvalue weighted by molar-refractivity contribution is 5.04. The fourth-order valence-corrected chi connectivity index (χ4v) is 2.64. The van der Waals surface area contributed by atoms with Crippen LogP contribution in [0.15, 0.2) is 12.4 Å². The number of rotatable bonds is 4. The molecule has 16 heavy (non-hydrogen) atoms. The number of nitrogens with zero attached hydrogens (tertiary/aromatic N) is 3. The van der Waals surface area contributed by atoms with E-state index in [1.807, 2.05) is 25.0 Å². The predicted molar refractivity (Wildman–Crippen MR) is 65.1 cm³/mol. The fourth-order valence-electron chi connectivity index (χ4n) is 2.64. The number of aromatic nitrogens is 2. The molecule has 1 fully saturated rings. The fraction of sp³-hybridized carbons (Fsp3) is 0.750. The average molecular weight is 222 g/mol. The van der Waals surface area contributed by atoms with Crippen LogP contribution in [0.5, 0.6) is 0 Å². The van der Waals surface area contributed by atoms with Crippen LogP contribution in [0.25, 0.3) is 0 Å². The van der Waals surface area contributed by atoms with Gasteiger partial charge in [0.25, 0.3) is 0 Å². The number of likely N-dealkylation sites (tertiary alicyclic amines) is 1. The quantitative estimate of drug-likeness (QED) is 0.820. The van der Waals surface area contributed by atoms with Gasteiger partial charge in [0.15, 0.2) is 0 Å². The second-order valence-corrected chi connectivity index (χ2v) is 5.32. The Morgan fingerprint density at radius 3 is 3.00 bits per heavy atom. The summed E-state index contributed by atoms with van der Waals surface area (Å²) in [6.45, 7) is 6.90. The molecule has 1 aliphatic heterocycles. The zero-order chi connectivity index (χ0) is 11.6. The Balaban J connectivity index is 1.89. The minimum Gasteiger partial charge on any atom is -0.319 e. The van der Waals surface area contributed by atoms with Crippen LogP contribution in [0, 0.1) is 5.41 Å². The second-order valence-electron chi connectivity index (χ2n) is 5.32. The first-order chi connectivity index (χ1) is 7.61. The SMILES string of the molecule is CNCC1(C)CCN(Cc2cnn(C)c2)C1. The van der Waals surface area contributed by atoms with E-state index in [4.69, 9.17) is 0 Å². The van der Waals surface area contributed by atoms with E-state index >= 15 is 0 Å². The van der Waals surface area contributed by atoms with Gasteiger partial charge in [-0.1, -0.05) is 6.92 Å². The van der Waals surface area contributed by atoms with E-state index in [-0.39, 0.29) is 0 Å². The molecule has 2 heterocycles. The number of hydrogen-bond acceptors (Lipinski definition) is 3. The van der Waals surface area contributed by atoms with E-state index in [1.54, 1.807) is 0 Å². The van der Waals surface area contributed by atoms with E-state index in [1.165, 1.54) is 25.1 Å². The number of hydrogen-bond donors (Lipinski definition) is 1. The summed E-state index contributed by atoms with van der Waals surface area (Å²) < 4.78 is 1.87. The predicted octanol–water partition coefficient (Wildman–Crippen LogP) is 0.851. The average Bonchev–Trinajstić information content (AvgIpc) is 2.75. The Bertz CT molecular complexity index is 347. The van der Waals surface area contributed by atoms with Crippen LogP contribution in [0.2, 0.25) is 0 Å². The van der Waals surface area contributed by atoms with Crippen molar-refractivity contribution in [3.05, 3.63) is 18.0 Å². The Hall–Kier alpha value is -0.870. The lowest BCUT2D eigenvalue weighted by molar-refractivity contribution is 0.265. The molecule has 0 saturated carbocycles. The summed E-state index contributed by atoms with van der Waals surface area (Å²) in [7, 11) is 4.01. The van der Waals surface area contributed by atoms with Crippen molar-refractivity contribution in [3.63, 3.8) is 0 Å². The van der Waals surface area contributed by atoms with Crippen LogP contribution < -0.4 is 5.32 Å². The Morgan fingerprint density at radius 2 is 2.38 bits per heavy atom. The first-order valence-electron chi connectivity index (χ1n) is 5.96. The van der Waals surface area contributed by atoms with Gasteiger partial charge in [0.2, 0.25) is 0 Å². The van der Waals surface area contributed by atoms with Gasteiger partial charge in [-0.25, -0.2) is 0 Å². The highest BCUT2D eigenvalue weighted by atomic mass is 15.2. The monoisotopic (exact) mass is 222 g/mol. The van der Waals surface area contributed by atoms with Crippen LogP contribution in [-0.2, 0) is 13.6 Å². The van der Waals surface area contributed by atoms with Crippen molar-refractivity contribution in [1.82, 2.24) is 20.0 Å². The lowest BCUT2D eigenvalue weighted by atomic mass is 9.90. The molecule has 1 aromatic rings. The Kier molecular flexibility index (Phi) is 3.30. The molecular weight excluding hydrogens is 200 g/mol. The molecule has 1 unspecified atom stereocenters. The van der Waals surface area contributed by atoms with Crippen LogP contribution >= 0.6 is 0 Å². The molecule has 0 bridgehead atoms. The standard InChI is InChI=1S/C12H22N4/c1-12(9-13-2)4-5-16(10-12)8-11-6-14-15(3)7-11/h6-7,13H,4-5,8-10H2,1-3H3. The molecule has 0 aromatic carbocycles. The highest BCUT2D eigenvalue weighted by Gasteiger charge is 2.32. The molecule has 1 atom stereocenters. The number of aryl methyl sites for hydroxylation is 1. The van der Waals surface area contributed by atoms with Gasteiger partial charge < -0.3 is 5.32 Å². The van der Waals surface area contributed by atoms with Gasteiger partial charge in [0.05, 0.1) is 6.20 Å². The molecule has 90 valence electrons. The number of nitrogens with one attached hydrogen (secondary N) is 1. The molecule has 4 nitrogen and oxygen atoms in total. The van der Waals surface area contributed by atoms with E-state index < -0.39 is 0 Å². The van der Waals surface area contributed by atoms with Crippen molar-refractivity contribution in [3.8, 4) is 0 Å². The lowest BCUT2D eigenvalue weighted by Gasteiger charge is -2.24. The Labute approximate surface area is 97.6 Å². The summed E-state index contributed by atoms with van der Waals surface area (Å²) >= 11 is 0. The molecule has 1 N–H and O–H groups in total. The summed E-state index contributed by atoms with van der Waals surface area (Å²) in [5.74, 6) is 0. The molecule has 0 amide bonds. The maximum atomic E-state index is 4.21. The summed E-state index contributed by atoms with van der Waals surface area (Å²) in [6.07, 6.45) is 5.36. The largest absolute Gasteiger partial charge is 0.319 e. The van der Waals surface area contributed by atoms with Gasteiger partial charge in [0, 0.05) is 38.4 Å². The summed E-state index contributed by atoms with van der Waals surface area (Å²) in [6, 6.07) is 0. The van der Waals surface area contributed by atoms with Crippen LogP contribution in [0.4, 0.5) is 0 Å². The first-order valence-corrected chi connectivity index (χ1v) is 5.96. The summed E-state index contributed by atoms with van der Waals surface area (Å²) in [4.78, 5) is 2.52. The van der Waals surface area contributed by atoms with Gasteiger partial charge in [-0.2, -0.15) is 5.10 Å². The minimum atomic E-state index is 0.441. The highest BCUT2D eigenvalue weighted by Crippen LogP contribution is 2.29. The van der Waals surface area contributed by atoms with Gasteiger partial charge in [-0.3, -0.25) is 9.58 Å². The maximum absolute atomic E-state index is 4.21. The molecule has 1 saturated heterocycles. The second kappa shape index (κ2) is 4.55. The molecule has 4 heteroatoms. The molecule has 0 radical (unpaired) electrons. The molecule has 1 aromatic heterocycles. The van der Waals surface area contributed by atoms with Crippen LogP contribution in [-0.4, -0.2) is 41.4 Å². The zero-order valence-corrected chi connectivity index (χ0v) is 10.5. The first kappa shape index (κ1) is 11.6. The summed E-state index contributed by atoms with van der Waals surface area (Å²) in [5, 5.41) is 7.50. The van der Waals surface area contributed by atoms with Crippen LogP contribution in [0.3, 0.4) is 0 Å². The van der Waals surface area contributed by atoms with Crippen molar-refractivity contribution in [2.45, 2.75) is 19.9 Å². The van der Waals surface area contributed by atoms with Crippen molar-refractivity contribution < 1.29 is 0 Å². The van der Waals surface area contributed by atoms with Gasteiger partial charge in [-0.05, 0) is 25.4 Å². The lowest BCUT2D eigenvalue weighted by Crippen LogP contribution is -2.32. The van der Waals surface area contributed by atoms with Crippen LogP contribution in [0.1, 0.15) is 18.9 Å². The maximum Gasteiger partial charge on any atom is 0.0534 e. The topological polar surface area (TPSA) is 33.1 Å². The van der Waals surface area contributed by atoms with E-state index in [9.17, 15) is 0 Å². The zero-order valence-electron chi connectivity index (χ0n) is 10.5. The van der Waals surface area contributed by atoms with Crippen molar-refractivity contribution in [2.24, 2.45) is 12.5 Å². The van der Waals surface area contributed by atoms with E-state index in [0.29, 0.717) is 5.41 Å². The van der Waals surface area contributed by atoms with Gasteiger partial charge >= 0.3 is 0 Å². The normalized spacial score (nSPS) is 26.4. The minimum absolute atomic E-state index is 0.441. The van der Waals surface area contributed by atoms with Gasteiger partial charge in [0.1, 0.15) is 0 Å². The Morgan fingerprint density at radius 1 is 1.56 bits per heavy atom.